The zero-order valence-corrected chi connectivity index (χ0v) is 15.8. The monoisotopic (exact) mass is 383 g/mol. The molecule has 1 heterocycles. The van der Waals surface area contributed by atoms with Crippen LogP contribution in [0.1, 0.15) is 18.1 Å². The van der Waals surface area contributed by atoms with Crippen LogP contribution in [0.4, 0.5) is 10.5 Å². The number of nitrogens with one attached hydrogen (secondary N) is 3. The summed E-state index contributed by atoms with van der Waals surface area (Å²) in [6, 6.07) is 11.5. The minimum Gasteiger partial charge on any atom is -0.497 e. The quantitative estimate of drug-likeness (QED) is 0.661. The third kappa shape index (κ3) is 3.75. The Morgan fingerprint density at radius 2 is 1.79 bits per heavy atom. The molecule has 4 amide bonds. The van der Waals surface area contributed by atoms with Crippen molar-refractivity contribution in [3.8, 4) is 11.5 Å². The molecule has 28 heavy (non-hydrogen) atoms. The number of ether oxygens (including phenoxy) is 2. The van der Waals surface area contributed by atoms with Crippen LogP contribution in [-0.2, 0) is 21.5 Å². The van der Waals surface area contributed by atoms with Crippen LogP contribution in [0.15, 0.2) is 42.5 Å². The summed E-state index contributed by atoms with van der Waals surface area (Å²) in [7, 11) is 3.10. The zero-order valence-electron chi connectivity index (χ0n) is 15.8. The molecule has 0 radical (unpaired) electrons. The summed E-state index contributed by atoms with van der Waals surface area (Å²) in [6.45, 7) is 1.62. The minimum absolute atomic E-state index is 0.130. The second kappa shape index (κ2) is 7.59. The van der Waals surface area contributed by atoms with Crippen LogP contribution in [0.2, 0.25) is 0 Å². The number of imide groups is 1. The molecule has 0 saturated carbocycles. The molecule has 0 spiro atoms. The predicted molar refractivity (Wildman–Crippen MR) is 102 cm³/mol. The molecule has 3 N–H and O–H groups in total. The van der Waals surface area contributed by atoms with Crippen LogP contribution in [0.5, 0.6) is 11.5 Å². The lowest BCUT2D eigenvalue weighted by Gasteiger charge is -2.21. The summed E-state index contributed by atoms with van der Waals surface area (Å²) < 4.78 is 10.5. The van der Waals surface area contributed by atoms with Gasteiger partial charge >= 0.3 is 6.03 Å². The van der Waals surface area contributed by atoms with Gasteiger partial charge in [0.15, 0.2) is 0 Å². The molecule has 0 aliphatic carbocycles. The second-order valence-corrected chi connectivity index (χ2v) is 6.51. The summed E-state index contributed by atoms with van der Waals surface area (Å²) in [4.78, 5) is 35.8. The number of urea groups is 1. The highest BCUT2D eigenvalue weighted by Gasteiger charge is 2.43. The van der Waals surface area contributed by atoms with Crippen LogP contribution >= 0.6 is 0 Å². The van der Waals surface area contributed by atoms with Gasteiger partial charge in [0.25, 0.3) is 5.91 Å². The molecule has 1 aliphatic rings. The van der Waals surface area contributed by atoms with Gasteiger partial charge in [-0.25, -0.2) is 4.79 Å². The molecule has 3 rings (SSSR count). The Hall–Kier alpha value is -3.55. The maximum absolute atomic E-state index is 12.4. The number of hydrogen-bond donors (Lipinski definition) is 3. The number of anilines is 1. The van der Waals surface area contributed by atoms with E-state index < -0.39 is 17.5 Å². The fourth-order valence-electron chi connectivity index (χ4n) is 3.01. The van der Waals surface area contributed by atoms with Crippen LogP contribution in [0.25, 0.3) is 0 Å². The van der Waals surface area contributed by atoms with Gasteiger partial charge in [-0.15, -0.1) is 0 Å². The van der Waals surface area contributed by atoms with Crippen LogP contribution < -0.4 is 25.4 Å². The Kier molecular flexibility index (Phi) is 5.21. The molecule has 1 fully saturated rings. The highest BCUT2D eigenvalue weighted by molar-refractivity contribution is 6.07. The summed E-state index contributed by atoms with van der Waals surface area (Å²) in [5.74, 6) is 0.587. The molecular formula is C20H21N3O5. The van der Waals surface area contributed by atoms with Gasteiger partial charge in [0.05, 0.1) is 20.6 Å². The lowest BCUT2D eigenvalue weighted by atomic mass is 9.92. The van der Waals surface area contributed by atoms with E-state index >= 15 is 0 Å². The number of benzene rings is 2. The largest absolute Gasteiger partial charge is 0.497 e. The smallest absolute Gasteiger partial charge is 0.322 e. The molecule has 2 aromatic carbocycles. The van der Waals surface area contributed by atoms with Gasteiger partial charge in [-0.05, 0) is 30.7 Å². The van der Waals surface area contributed by atoms with Crippen molar-refractivity contribution in [2.24, 2.45) is 0 Å². The Balaban J connectivity index is 1.68. The van der Waals surface area contributed by atoms with E-state index in [0.29, 0.717) is 22.7 Å². The van der Waals surface area contributed by atoms with Crippen molar-refractivity contribution >= 4 is 23.5 Å². The average Bonchev–Trinajstić information content (AvgIpc) is 2.95. The van der Waals surface area contributed by atoms with E-state index in [9.17, 15) is 14.4 Å². The summed E-state index contributed by atoms with van der Waals surface area (Å²) in [5, 5.41) is 7.63. The molecule has 146 valence electrons. The first-order valence-corrected chi connectivity index (χ1v) is 8.60. The van der Waals surface area contributed by atoms with Crippen LogP contribution in [0.3, 0.4) is 0 Å². The first-order chi connectivity index (χ1) is 13.4. The van der Waals surface area contributed by atoms with E-state index in [4.69, 9.17) is 9.47 Å². The lowest BCUT2D eigenvalue weighted by Crippen LogP contribution is -2.40. The molecule has 1 atom stereocenters. The standard InChI is InChI=1S/C20H21N3O5/c1-20(18(25)22-19(26)23-20)13-5-7-14(8-6-13)21-17(24)10-12-4-9-15(27-2)11-16(12)28-3/h4-9,11H,10H2,1-3H3,(H,21,24)(H2,22,23,25,26). The van der Waals surface area contributed by atoms with Crippen molar-refractivity contribution in [2.75, 3.05) is 19.5 Å². The number of amides is 4. The van der Waals surface area contributed by atoms with E-state index in [1.54, 1.807) is 56.5 Å². The topological polar surface area (TPSA) is 106 Å². The van der Waals surface area contributed by atoms with Gasteiger partial charge < -0.3 is 20.1 Å². The highest BCUT2D eigenvalue weighted by atomic mass is 16.5. The lowest BCUT2D eigenvalue weighted by molar-refractivity contribution is -0.123. The first-order valence-electron chi connectivity index (χ1n) is 8.60. The number of methoxy groups -OCH3 is 2. The summed E-state index contributed by atoms with van der Waals surface area (Å²) >= 11 is 0. The third-order valence-electron chi connectivity index (χ3n) is 4.64. The molecule has 1 aliphatic heterocycles. The van der Waals surface area contributed by atoms with Gasteiger partial charge in [-0.3, -0.25) is 14.9 Å². The fourth-order valence-corrected chi connectivity index (χ4v) is 3.01. The van der Waals surface area contributed by atoms with Crippen molar-refractivity contribution < 1.29 is 23.9 Å². The molecule has 2 aromatic rings. The van der Waals surface area contributed by atoms with E-state index in [1.165, 1.54) is 7.11 Å². The van der Waals surface area contributed by atoms with Crippen molar-refractivity contribution in [1.29, 1.82) is 0 Å². The predicted octanol–water partition coefficient (Wildman–Crippen LogP) is 1.94. The maximum Gasteiger partial charge on any atom is 0.322 e. The molecule has 1 unspecified atom stereocenters. The average molecular weight is 383 g/mol. The Morgan fingerprint density at radius 1 is 1.07 bits per heavy atom. The molecule has 0 bridgehead atoms. The van der Waals surface area contributed by atoms with E-state index in [2.05, 4.69) is 16.0 Å². The Labute approximate surface area is 162 Å². The Morgan fingerprint density at radius 3 is 2.36 bits per heavy atom. The third-order valence-corrected chi connectivity index (χ3v) is 4.64. The van der Waals surface area contributed by atoms with Gasteiger partial charge in [-0.1, -0.05) is 18.2 Å². The fraction of sp³-hybridized carbons (Fsp3) is 0.250. The van der Waals surface area contributed by atoms with Crippen molar-refractivity contribution in [3.05, 3.63) is 53.6 Å². The van der Waals surface area contributed by atoms with E-state index in [-0.39, 0.29) is 12.3 Å². The Bertz CT molecular complexity index is 926. The summed E-state index contributed by atoms with van der Waals surface area (Å²) in [5.41, 5.74) is 0.798. The first kappa shape index (κ1) is 19.2. The van der Waals surface area contributed by atoms with Crippen LogP contribution in [-0.4, -0.2) is 32.1 Å². The van der Waals surface area contributed by atoms with Gasteiger partial charge in [0.1, 0.15) is 17.0 Å². The second-order valence-electron chi connectivity index (χ2n) is 6.51. The summed E-state index contributed by atoms with van der Waals surface area (Å²) in [6.07, 6.45) is 0.130. The number of rotatable bonds is 6. The number of carbonyl (C=O) groups excluding carboxylic acids is 3. The normalized spacial score (nSPS) is 18.2. The highest BCUT2D eigenvalue weighted by Crippen LogP contribution is 2.27. The maximum atomic E-state index is 12.4. The zero-order chi connectivity index (χ0) is 20.3. The van der Waals surface area contributed by atoms with Crippen molar-refractivity contribution in [1.82, 2.24) is 10.6 Å². The SMILES string of the molecule is COc1ccc(CC(=O)Nc2ccc(C3(C)NC(=O)NC3=O)cc2)c(OC)c1. The molecule has 1 saturated heterocycles. The van der Waals surface area contributed by atoms with Crippen molar-refractivity contribution in [3.63, 3.8) is 0 Å². The van der Waals surface area contributed by atoms with Gasteiger partial charge in [-0.2, -0.15) is 0 Å². The number of carbonyl (C=O) groups is 3. The van der Waals surface area contributed by atoms with E-state index in [0.717, 1.165) is 5.56 Å². The molecule has 8 nitrogen and oxygen atoms in total. The van der Waals surface area contributed by atoms with E-state index in [1.807, 2.05) is 0 Å². The molecule has 0 aromatic heterocycles. The van der Waals surface area contributed by atoms with Gasteiger partial charge in [0.2, 0.25) is 5.91 Å². The number of hydrogen-bond acceptors (Lipinski definition) is 5. The minimum atomic E-state index is -1.13. The van der Waals surface area contributed by atoms with Crippen LogP contribution in [0, 0.1) is 0 Å². The molecular weight excluding hydrogens is 362 g/mol. The van der Waals surface area contributed by atoms with Crippen molar-refractivity contribution in [2.45, 2.75) is 18.9 Å². The van der Waals surface area contributed by atoms with Gasteiger partial charge in [0, 0.05) is 17.3 Å². The molecule has 8 heteroatoms.